The average Bonchev–Trinajstić information content (AvgIpc) is 2.84. The van der Waals surface area contributed by atoms with Crippen LogP contribution in [-0.4, -0.2) is 12.1 Å². The summed E-state index contributed by atoms with van der Waals surface area (Å²) in [6, 6.07) is 11.9. The molecule has 0 fully saturated rings. The number of hydrogen-bond acceptors (Lipinski definition) is 4. The largest absolute Gasteiger partial charge is 0.497 e. The summed E-state index contributed by atoms with van der Waals surface area (Å²) in [6.07, 6.45) is 0. The summed E-state index contributed by atoms with van der Waals surface area (Å²) >= 11 is 1.63. The van der Waals surface area contributed by atoms with Crippen LogP contribution in [0.1, 0.15) is 5.56 Å². The molecule has 0 aliphatic heterocycles. The summed E-state index contributed by atoms with van der Waals surface area (Å²) < 4.78 is 6.34. The first-order valence-electron chi connectivity index (χ1n) is 5.99. The molecule has 19 heavy (non-hydrogen) atoms. The summed E-state index contributed by atoms with van der Waals surface area (Å²) in [5, 5.41) is 0.949. The monoisotopic (exact) mass is 270 g/mol. The zero-order chi connectivity index (χ0) is 13.4. The minimum Gasteiger partial charge on any atom is -0.497 e. The van der Waals surface area contributed by atoms with Crippen molar-refractivity contribution in [3.63, 3.8) is 0 Å². The van der Waals surface area contributed by atoms with Gasteiger partial charge in [0.15, 0.2) is 0 Å². The van der Waals surface area contributed by atoms with E-state index in [1.165, 1.54) is 0 Å². The van der Waals surface area contributed by atoms with Crippen LogP contribution in [-0.2, 0) is 0 Å². The topological polar surface area (TPSA) is 48.1 Å². The van der Waals surface area contributed by atoms with Crippen LogP contribution in [0, 0.1) is 6.92 Å². The van der Waals surface area contributed by atoms with E-state index in [4.69, 9.17) is 10.5 Å². The molecular formula is C15H14N2OS. The number of rotatable bonds is 2. The Hall–Kier alpha value is -2.07. The standard InChI is InChI=1S/C15H14N2OS/c1-9-4-3-5-11(14(9)16)15-17-12-7-6-10(18-2)8-13(12)19-15/h3-8H,16H2,1-2H3. The first kappa shape index (κ1) is 12.0. The van der Waals surface area contributed by atoms with Gasteiger partial charge in [0.05, 0.1) is 17.3 Å². The number of ether oxygens (including phenoxy) is 1. The first-order valence-corrected chi connectivity index (χ1v) is 6.81. The number of nitrogen functional groups attached to an aromatic ring is 1. The van der Waals surface area contributed by atoms with Gasteiger partial charge < -0.3 is 10.5 Å². The maximum atomic E-state index is 6.13. The fraction of sp³-hybridized carbons (Fsp3) is 0.133. The highest BCUT2D eigenvalue weighted by Gasteiger charge is 2.10. The van der Waals surface area contributed by atoms with Crippen LogP contribution in [0.4, 0.5) is 5.69 Å². The Morgan fingerprint density at radius 1 is 1.21 bits per heavy atom. The van der Waals surface area contributed by atoms with Gasteiger partial charge in [-0.3, -0.25) is 0 Å². The maximum absolute atomic E-state index is 6.13. The Morgan fingerprint density at radius 3 is 2.84 bits per heavy atom. The van der Waals surface area contributed by atoms with E-state index < -0.39 is 0 Å². The zero-order valence-corrected chi connectivity index (χ0v) is 11.6. The van der Waals surface area contributed by atoms with Gasteiger partial charge in [-0.25, -0.2) is 4.98 Å². The number of para-hydroxylation sites is 1. The fourth-order valence-corrected chi connectivity index (χ4v) is 3.05. The molecule has 0 bridgehead atoms. The molecule has 96 valence electrons. The van der Waals surface area contributed by atoms with Crippen LogP contribution in [0.2, 0.25) is 0 Å². The molecule has 3 rings (SSSR count). The summed E-state index contributed by atoms with van der Waals surface area (Å²) in [4.78, 5) is 4.64. The first-order chi connectivity index (χ1) is 9.19. The van der Waals surface area contributed by atoms with Crippen molar-refractivity contribution >= 4 is 27.2 Å². The molecule has 1 aromatic heterocycles. The van der Waals surface area contributed by atoms with E-state index in [-0.39, 0.29) is 0 Å². The molecule has 0 atom stereocenters. The van der Waals surface area contributed by atoms with E-state index in [0.717, 1.165) is 37.8 Å². The van der Waals surface area contributed by atoms with Crippen LogP contribution in [0.25, 0.3) is 20.8 Å². The van der Waals surface area contributed by atoms with Crippen molar-refractivity contribution < 1.29 is 4.74 Å². The molecule has 3 nitrogen and oxygen atoms in total. The van der Waals surface area contributed by atoms with E-state index >= 15 is 0 Å². The van der Waals surface area contributed by atoms with Gasteiger partial charge in [-0.1, -0.05) is 12.1 Å². The number of anilines is 1. The quantitative estimate of drug-likeness (QED) is 0.719. The van der Waals surface area contributed by atoms with Crippen LogP contribution in [0.5, 0.6) is 5.75 Å². The Labute approximate surface area is 115 Å². The van der Waals surface area contributed by atoms with Gasteiger partial charge in [0.25, 0.3) is 0 Å². The Kier molecular flexibility index (Phi) is 2.87. The molecule has 4 heteroatoms. The van der Waals surface area contributed by atoms with Gasteiger partial charge >= 0.3 is 0 Å². The van der Waals surface area contributed by atoms with E-state index in [1.54, 1.807) is 18.4 Å². The average molecular weight is 270 g/mol. The predicted octanol–water partition coefficient (Wildman–Crippen LogP) is 3.86. The predicted molar refractivity (Wildman–Crippen MR) is 80.8 cm³/mol. The highest BCUT2D eigenvalue weighted by atomic mass is 32.1. The second-order valence-electron chi connectivity index (χ2n) is 4.39. The smallest absolute Gasteiger partial charge is 0.126 e. The molecule has 2 aromatic carbocycles. The second kappa shape index (κ2) is 4.55. The van der Waals surface area contributed by atoms with Crippen molar-refractivity contribution in [2.45, 2.75) is 6.92 Å². The van der Waals surface area contributed by atoms with Crippen molar-refractivity contribution in [1.82, 2.24) is 4.98 Å². The molecule has 0 unspecified atom stereocenters. The van der Waals surface area contributed by atoms with E-state index in [1.807, 2.05) is 43.3 Å². The van der Waals surface area contributed by atoms with Gasteiger partial charge in [-0.05, 0) is 36.8 Å². The van der Waals surface area contributed by atoms with Gasteiger partial charge in [0.1, 0.15) is 10.8 Å². The fourth-order valence-electron chi connectivity index (χ4n) is 2.01. The number of thiazole rings is 1. The Balaban J connectivity index is 2.18. The lowest BCUT2D eigenvalue weighted by Gasteiger charge is -2.04. The zero-order valence-electron chi connectivity index (χ0n) is 10.8. The number of methoxy groups -OCH3 is 1. The molecule has 0 aliphatic carbocycles. The molecule has 0 saturated carbocycles. The molecule has 2 N–H and O–H groups in total. The van der Waals surface area contributed by atoms with Crippen LogP contribution < -0.4 is 10.5 Å². The highest BCUT2D eigenvalue weighted by Crippen LogP contribution is 2.35. The normalized spacial score (nSPS) is 10.8. The van der Waals surface area contributed by atoms with Crippen LogP contribution >= 0.6 is 11.3 Å². The van der Waals surface area contributed by atoms with Crippen molar-refractivity contribution in [3.05, 3.63) is 42.0 Å². The molecule has 0 aliphatic rings. The molecule has 0 radical (unpaired) electrons. The third-order valence-corrected chi connectivity index (χ3v) is 4.20. The summed E-state index contributed by atoms with van der Waals surface area (Å²) in [7, 11) is 1.67. The number of hydrogen-bond donors (Lipinski definition) is 1. The summed E-state index contributed by atoms with van der Waals surface area (Å²) in [6.45, 7) is 2.01. The number of benzene rings is 2. The lowest BCUT2D eigenvalue weighted by atomic mass is 10.1. The van der Waals surface area contributed by atoms with Crippen LogP contribution in [0.3, 0.4) is 0 Å². The molecule has 0 amide bonds. The molecule has 1 heterocycles. The van der Waals surface area contributed by atoms with Crippen molar-refractivity contribution in [2.24, 2.45) is 0 Å². The number of nitrogens with zero attached hydrogens (tertiary/aromatic N) is 1. The second-order valence-corrected chi connectivity index (χ2v) is 5.42. The van der Waals surface area contributed by atoms with Crippen LogP contribution in [0.15, 0.2) is 36.4 Å². The van der Waals surface area contributed by atoms with Gasteiger partial charge in [-0.2, -0.15) is 0 Å². The lowest BCUT2D eigenvalue weighted by molar-refractivity contribution is 0.415. The lowest BCUT2D eigenvalue weighted by Crippen LogP contribution is -1.92. The van der Waals surface area contributed by atoms with Gasteiger partial charge in [0, 0.05) is 11.3 Å². The third kappa shape index (κ3) is 2.04. The molecule has 0 spiro atoms. The SMILES string of the molecule is COc1ccc2nc(-c3cccc(C)c3N)sc2c1. The van der Waals surface area contributed by atoms with Gasteiger partial charge in [0.2, 0.25) is 0 Å². The molecule has 3 aromatic rings. The maximum Gasteiger partial charge on any atom is 0.126 e. The number of nitrogens with two attached hydrogens (primary N) is 1. The highest BCUT2D eigenvalue weighted by molar-refractivity contribution is 7.21. The summed E-state index contributed by atoms with van der Waals surface area (Å²) in [5.74, 6) is 0.847. The van der Waals surface area contributed by atoms with Gasteiger partial charge in [-0.15, -0.1) is 11.3 Å². The summed E-state index contributed by atoms with van der Waals surface area (Å²) in [5.41, 5.74) is 9.99. The molecular weight excluding hydrogens is 256 g/mol. The minimum absolute atomic E-state index is 0.800. The number of aromatic nitrogens is 1. The van der Waals surface area contributed by atoms with E-state index in [9.17, 15) is 0 Å². The number of fused-ring (bicyclic) bond motifs is 1. The third-order valence-electron chi connectivity index (χ3n) is 3.15. The van der Waals surface area contributed by atoms with Crippen molar-refractivity contribution in [3.8, 4) is 16.3 Å². The Bertz CT molecular complexity index is 749. The van der Waals surface area contributed by atoms with E-state index in [0.29, 0.717) is 0 Å². The van der Waals surface area contributed by atoms with E-state index in [2.05, 4.69) is 4.98 Å². The van der Waals surface area contributed by atoms with Crippen molar-refractivity contribution in [2.75, 3.05) is 12.8 Å². The van der Waals surface area contributed by atoms with Crippen molar-refractivity contribution in [1.29, 1.82) is 0 Å². The Morgan fingerprint density at radius 2 is 2.05 bits per heavy atom. The number of aryl methyl sites for hydroxylation is 1. The minimum atomic E-state index is 0.800. The molecule has 0 saturated heterocycles.